The Morgan fingerprint density at radius 3 is 1.93 bits per heavy atom. The summed E-state index contributed by atoms with van der Waals surface area (Å²) in [6.45, 7) is 4.76. The van der Waals surface area contributed by atoms with Crippen LogP contribution in [0, 0.1) is 5.41 Å². The molecule has 14 heavy (non-hydrogen) atoms. The van der Waals surface area contributed by atoms with E-state index in [4.69, 9.17) is 5.73 Å². The topological polar surface area (TPSA) is 66.6 Å². The zero-order chi connectivity index (χ0) is 11.6. The molecule has 0 aromatic carbocycles. The largest absolute Gasteiger partial charge is 0.330 e. The number of nitrogens with two attached hydrogens (primary N) is 1. The Bertz CT molecular complexity index is 272. The van der Waals surface area contributed by atoms with E-state index in [2.05, 4.69) is 0 Å². The summed E-state index contributed by atoms with van der Waals surface area (Å²) >= 11 is 0. The minimum absolute atomic E-state index is 0.197. The third kappa shape index (κ3) is 3.53. The van der Waals surface area contributed by atoms with E-state index in [-0.39, 0.29) is 5.41 Å². The Balaban J connectivity index is 4.59. The number of hydrogen-bond acceptors (Lipinski definition) is 3. The Kier molecular flexibility index (Phi) is 4.51. The molecule has 6 heteroatoms. The van der Waals surface area contributed by atoms with Crippen LogP contribution >= 0.6 is 0 Å². The van der Waals surface area contributed by atoms with Gasteiger partial charge in [0.2, 0.25) is 0 Å². The van der Waals surface area contributed by atoms with Gasteiger partial charge in [0.25, 0.3) is 10.2 Å². The van der Waals surface area contributed by atoms with E-state index >= 15 is 0 Å². The highest BCUT2D eigenvalue weighted by atomic mass is 32.2. The lowest BCUT2D eigenvalue weighted by Crippen LogP contribution is -2.44. The molecule has 0 bridgehead atoms. The Morgan fingerprint density at radius 1 is 1.21 bits per heavy atom. The first-order valence-electron chi connectivity index (χ1n) is 4.47. The van der Waals surface area contributed by atoms with Gasteiger partial charge < -0.3 is 5.73 Å². The summed E-state index contributed by atoms with van der Waals surface area (Å²) in [4.78, 5) is 0. The summed E-state index contributed by atoms with van der Waals surface area (Å²) in [5.41, 5.74) is 5.34. The first-order valence-corrected chi connectivity index (χ1v) is 5.87. The minimum atomic E-state index is -3.31. The lowest BCUT2D eigenvalue weighted by molar-refractivity contribution is 0.282. The first-order chi connectivity index (χ1) is 6.13. The third-order valence-corrected chi connectivity index (χ3v) is 3.90. The Labute approximate surface area is 87.0 Å². The van der Waals surface area contributed by atoms with E-state index < -0.39 is 10.2 Å². The van der Waals surface area contributed by atoms with Gasteiger partial charge in [-0.15, -0.1) is 0 Å². The van der Waals surface area contributed by atoms with Crippen molar-refractivity contribution in [2.24, 2.45) is 11.1 Å². The molecule has 0 spiro atoms. The van der Waals surface area contributed by atoms with Gasteiger partial charge in [0.05, 0.1) is 0 Å². The normalized spacial score (nSPS) is 14.0. The van der Waals surface area contributed by atoms with Crippen LogP contribution in [0.2, 0.25) is 0 Å². The molecule has 0 fully saturated rings. The van der Waals surface area contributed by atoms with E-state index in [0.29, 0.717) is 13.1 Å². The fraction of sp³-hybridized carbons (Fsp3) is 1.00. The fourth-order valence-electron chi connectivity index (χ4n) is 1.03. The van der Waals surface area contributed by atoms with Crippen molar-refractivity contribution < 1.29 is 8.42 Å². The molecule has 0 aliphatic heterocycles. The van der Waals surface area contributed by atoms with Gasteiger partial charge in [-0.05, 0) is 12.0 Å². The van der Waals surface area contributed by atoms with Crippen molar-refractivity contribution in [3.63, 3.8) is 0 Å². The minimum Gasteiger partial charge on any atom is -0.330 e. The van der Waals surface area contributed by atoms with Crippen LogP contribution in [0.4, 0.5) is 0 Å². The molecular formula is C8H21N3O2S. The molecule has 5 nitrogen and oxygen atoms in total. The van der Waals surface area contributed by atoms with Crippen molar-refractivity contribution in [3.05, 3.63) is 0 Å². The molecule has 0 radical (unpaired) electrons. The monoisotopic (exact) mass is 223 g/mol. The molecule has 0 aliphatic rings. The van der Waals surface area contributed by atoms with Gasteiger partial charge in [-0.2, -0.15) is 17.0 Å². The number of hydrogen-bond donors (Lipinski definition) is 1. The molecule has 0 aromatic rings. The maximum Gasteiger partial charge on any atom is 0.281 e. The van der Waals surface area contributed by atoms with Crippen molar-refractivity contribution in [1.82, 2.24) is 8.61 Å². The molecule has 0 aromatic heterocycles. The SMILES string of the molecule is CN(C)S(=O)(=O)N(C)CC(C)(C)CN. The van der Waals surface area contributed by atoms with E-state index in [1.54, 1.807) is 7.05 Å². The molecular weight excluding hydrogens is 202 g/mol. The lowest BCUT2D eigenvalue weighted by atomic mass is 9.94. The second-order valence-electron chi connectivity index (χ2n) is 4.41. The van der Waals surface area contributed by atoms with Gasteiger partial charge in [0, 0.05) is 27.7 Å². The zero-order valence-corrected chi connectivity index (χ0v) is 10.4. The van der Waals surface area contributed by atoms with Crippen LogP contribution in [0.25, 0.3) is 0 Å². The van der Waals surface area contributed by atoms with E-state index in [0.717, 1.165) is 0 Å². The van der Waals surface area contributed by atoms with Crippen molar-refractivity contribution in [2.75, 3.05) is 34.2 Å². The predicted molar refractivity (Wildman–Crippen MR) is 58.1 cm³/mol. The summed E-state index contributed by atoms with van der Waals surface area (Å²) in [6.07, 6.45) is 0. The summed E-state index contributed by atoms with van der Waals surface area (Å²) in [7, 11) is 1.28. The van der Waals surface area contributed by atoms with Crippen LogP contribution in [0.1, 0.15) is 13.8 Å². The van der Waals surface area contributed by atoms with Gasteiger partial charge in [-0.1, -0.05) is 13.8 Å². The number of nitrogens with zero attached hydrogens (tertiary/aromatic N) is 2. The molecule has 0 saturated heterocycles. The summed E-state index contributed by atoms with van der Waals surface area (Å²) in [6, 6.07) is 0. The zero-order valence-electron chi connectivity index (χ0n) is 9.61. The standard InChI is InChI=1S/C8H21N3O2S/c1-8(2,6-9)7-11(5)14(12,13)10(3)4/h6-7,9H2,1-5H3. The smallest absolute Gasteiger partial charge is 0.281 e. The van der Waals surface area contributed by atoms with Gasteiger partial charge >= 0.3 is 0 Å². The van der Waals surface area contributed by atoms with Gasteiger partial charge in [-0.3, -0.25) is 0 Å². The second kappa shape index (κ2) is 4.57. The molecule has 0 aliphatic carbocycles. The highest BCUT2D eigenvalue weighted by Gasteiger charge is 2.26. The van der Waals surface area contributed by atoms with Crippen LogP contribution in [0.15, 0.2) is 0 Å². The number of rotatable bonds is 5. The molecule has 0 rings (SSSR count). The fourth-order valence-corrected chi connectivity index (χ4v) is 2.10. The van der Waals surface area contributed by atoms with Gasteiger partial charge in [0.1, 0.15) is 0 Å². The average Bonchev–Trinajstić information content (AvgIpc) is 2.03. The van der Waals surface area contributed by atoms with Crippen LogP contribution in [-0.2, 0) is 10.2 Å². The second-order valence-corrected chi connectivity index (χ2v) is 6.66. The molecule has 2 N–H and O–H groups in total. The molecule has 0 atom stereocenters. The quantitative estimate of drug-likeness (QED) is 0.696. The first kappa shape index (κ1) is 13.8. The van der Waals surface area contributed by atoms with Gasteiger partial charge in [0.15, 0.2) is 0 Å². The molecule has 0 heterocycles. The van der Waals surface area contributed by atoms with E-state index in [9.17, 15) is 8.42 Å². The van der Waals surface area contributed by atoms with Crippen LogP contribution in [0.5, 0.6) is 0 Å². The van der Waals surface area contributed by atoms with Gasteiger partial charge in [-0.25, -0.2) is 0 Å². The maximum absolute atomic E-state index is 11.6. The predicted octanol–water partition coefficient (Wildman–Crippen LogP) is -0.290. The Hall–Kier alpha value is -0.170. The Morgan fingerprint density at radius 2 is 1.64 bits per heavy atom. The molecule has 0 saturated carbocycles. The summed E-state index contributed by atoms with van der Waals surface area (Å²) in [5, 5.41) is 0. The third-order valence-electron chi connectivity index (χ3n) is 2.06. The van der Waals surface area contributed by atoms with E-state index in [1.807, 2.05) is 13.8 Å². The average molecular weight is 223 g/mol. The van der Waals surface area contributed by atoms with Crippen molar-refractivity contribution in [2.45, 2.75) is 13.8 Å². The van der Waals surface area contributed by atoms with Crippen LogP contribution < -0.4 is 5.73 Å². The molecule has 86 valence electrons. The molecule has 0 amide bonds. The van der Waals surface area contributed by atoms with Crippen LogP contribution in [0.3, 0.4) is 0 Å². The summed E-state index contributed by atoms with van der Waals surface area (Å²) in [5.74, 6) is 0. The maximum atomic E-state index is 11.6. The molecule has 0 unspecified atom stereocenters. The van der Waals surface area contributed by atoms with Crippen molar-refractivity contribution in [3.8, 4) is 0 Å². The van der Waals surface area contributed by atoms with E-state index in [1.165, 1.54) is 22.7 Å². The van der Waals surface area contributed by atoms with Crippen LogP contribution in [-0.4, -0.2) is 51.3 Å². The summed E-state index contributed by atoms with van der Waals surface area (Å²) < 4.78 is 25.8. The van der Waals surface area contributed by atoms with Crippen molar-refractivity contribution in [1.29, 1.82) is 0 Å². The highest BCUT2D eigenvalue weighted by molar-refractivity contribution is 7.86. The lowest BCUT2D eigenvalue weighted by Gasteiger charge is -2.29. The van der Waals surface area contributed by atoms with Crippen molar-refractivity contribution >= 4 is 10.2 Å². The highest BCUT2D eigenvalue weighted by Crippen LogP contribution is 2.16.